The molecule has 0 aliphatic rings. The summed E-state index contributed by atoms with van der Waals surface area (Å²) in [6, 6.07) is 9.87. The van der Waals surface area contributed by atoms with Crippen LogP contribution in [0.1, 0.15) is 33.8 Å². The minimum atomic E-state index is -0.0453. The fraction of sp³-hybridized carbons (Fsp3) is 0.214. The van der Waals surface area contributed by atoms with E-state index in [-0.39, 0.29) is 11.9 Å². The molecule has 1 unspecified atom stereocenters. The van der Waals surface area contributed by atoms with E-state index < -0.39 is 0 Å². The zero-order valence-electron chi connectivity index (χ0n) is 10.3. The van der Waals surface area contributed by atoms with E-state index in [0.29, 0.717) is 4.88 Å². The molecule has 4 heteroatoms. The molecule has 1 aromatic carbocycles. The lowest BCUT2D eigenvalue weighted by molar-refractivity contribution is 0.0944. The van der Waals surface area contributed by atoms with Gasteiger partial charge in [-0.05, 0) is 31.0 Å². The van der Waals surface area contributed by atoms with Crippen LogP contribution in [0.2, 0.25) is 0 Å². The molecule has 1 atom stereocenters. The molecule has 0 saturated carbocycles. The van der Waals surface area contributed by atoms with E-state index in [4.69, 9.17) is 0 Å². The summed E-state index contributed by atoms with van der Waals surface area (Å²) in [4.78, 5) is 13.5. The minimum Gasteiger partial charge on any atom is -0.345 e. The number of amides is 1. The first-order valence-electron chi connectivity index (χ1n) is 5.72. The molecule has 0 aliphatic heterocycles. The van der Waals surface area contributed by atoms with Crippen LogP contribution in [0.15, 0.2) is 40.6 Å². The number of rotatable bonds is 3. The number of hydrogen-bond donors (Lipinski definition) is 2. The molecule has 2 rings (SSSR count). The first-order valence-corrected chi connectivity index (χ1v) is 7.04. The zero-order valence-corrected chi connectivity index (χ0v) is 12.0. The van der Waals surface area contributed by atoms with Gasteiger partial charge in [-0.25, -0.2) is 0 Å². The molecule has 2 aromatic rings. The number of aryl methyl sites for hydroxylation is 1. The smallest absolute Gasteiger partial charge is 0.261 e. The van der Waals surface area contributed by atoms with E-state index >= 15 is 0 Å². The highest BCUT2D eigenvalue weighted by Gasteiger charge is 2.13. The Kier molecular flexibility index (Phi) is 4.09. The Bertz CT molecular complexity index is 562. The van der Waals surface area contributed by atoms with Gasteiger partial charge in [-0.3, -0.25) is 4.79 Å². The molecule has 0 saturated heterocycles. The Balaban J connectivity index is 2.10. The van der Waals surface area contributed by atoms with Crippen molar-refractivity contribution in [3.8, 4) is 0 Å². The van der Waals surface area contributed by atoms with Crippen LogP contribution in [-0.2, 0) is 0 Å². The molecular formula is C14H15NOS2. The Morgan fingerprint density at radius 2 is 2.11 bits per heavy atom. The normalized spacial score (nSPS) is 12.2. The Morgan fingerprint density at radius 3 is 2.72 bits per heavy atom. The zero-order chi connectivity index (χ0) is 13.1. The van der Waals surface area contributed by atoms with Gasteiger partial charge in [0.1, 0.15) is 0 Å². The largest absolute Gasteiger partial charge is 0.345 e. The first kappa shape index (κ1) is 13.2. The van der Waals surface area contributed by atoms with E-state index in [9.17, 15) is 4.79 Å². The number of thiol groups is 1. The maximum Gasteiger partial charge on any atom is 0.261 e. The minimum absolute atomic E-state index is 0.00386. The molecule has 0 fully saturated rings. The summed E-state index contributed by atoms with van der Waals surface area (Å²) in [5.74, 6) is -0.0453. The van der Waals surface area contributed by atoms with Crippen LogP contribution in [0.4, 0.5) is 0 Å². The van der Waals surface area contributed by atoms with Crippen LogP contribution in [-0.4, -0.2) is 5.91 Å². The molecule has 0 aliphatic carbocycles. The van der Waals surface area contributed by atoms with Gasteiger partial charge in [0.25, 0.3) is 5.91 Å². The topological polar surface area (TPSA) is 29.1 Å². The third-order valence-corrected chi connectivity index (χ3v) is 4.17. The SMILES string of the molecule is Cc1ccccc1C(C)NC(=O)c1cc(S)cs1. The lowest BCUT2D eigenvalue weighted by atomic mass is 10.0. The Labute approximate surface area is 116 Å². The van der Waals surface area contributed by atoms with Crippen LogP contribution in [0.25, 0.3) is 0 Å². The maximum absolute atomic E-state index is 12.0. The van der Waals surface area contributed by atoms with Crippen molar-refractivity contribution in [3.05, 3.63) is 51.7 Å². The van der Waals surface area contributed by atoms with Crippen LogP contribution >= 0.6 is 24.0 Å². The molecule has 1 amide bonds. The van der Waals surface area contributed by atoms with Crippen molar-refractivity contribution in [2.45, 2.75) is 24.8 Å². The Hall–Kier alpha value is -1.26. The third kappa shape index (κ3) is 2.94. The van der Waals surface area contributed by atoms with Gasteiger partial charge in [0, 0.05) is 10.3 Å². The third-order valence-electron chi connectivity index (χ3n) is 2.81. The number of thiophene rings is 1. The first-order chi connectivity index (χ1) is 8.58. The van der Waals surface area contributed by atoms with E-state index in [2.05, 4.69) is 30.9 Å². The molecule has 18 heavy (non-hydrogen) atoms. The van der Waals surface area contributed by atoms with Crippen LogP contribution in [0.5, 0.6) is 0 Å². The molecule has 2 nitrogen and oxygen atoms in total. The van der Waals surface area contributed by atoms with Gasteiger partial charge in [-0.2, -0.15) is 0 Å². The molecule has 1 aromatic heterocycles. The lowest BCUT2D eigenvalue weighted by Gasteiger charge is -2.15. The number of nitrogens with one attached hydrogen (secondary N) is 1. The second-order valence-electron chi connectivity index (χ2n) is 4.22. The van der Waals surface area contributed by atoms with E-state index in [1.807, 2.05) is 30.5 Å². The highest BCUT2D eigenvalue weighted by molar-refractivity contribution is 7.80. The van der Waals surface area contributed by atoms with Gasteiger partial charge in [0.15, 0.2) is 0 Å². The van der Waals surface area contributed by atoms with Crippen LogP contribution < -0.4 is 5.32 Å². The predicted molar refractivity (Wildman–Crippen MR) is 78.6 cm³/mol. The molecule has 0 spiro atoms. The van der Waals surface area contributed by atoms with Gasteiger partial charge in [0.05, 0.1) is 10.9 Å². The average Bonchev–Trinajstić information content (AvgIpc) is 2.76. The van der Waals surface area contributed by atoms with E-state index in [1.165, 1.54) is 16.9 Å². The predicted octanol–water partition coefficient (Wildman–Crippen LogP) is 3.84. The summed E-state index contributed by atoms with van der Waals surface area (Å²) in [6.07, 6.45) is 0. The summed E-state index contributed by atoms with van der Waals surface area (Å²) >= 11 is 5.62. The molecule has 0 radical (unpaired) electrons. The summed E-state index contributed by atoms with van der Waals surface area (Å²) in [7, 11) is 0. The van der Waals surface area contributed by atoms with Crippen molar-refractivity contribution >= 4 is 29.9 Å². The fourth-order valence-corrected chi connectivity index (χ4v) is 2.91. The number of carbonyl (C=O) groups is 1. The Morgan fingerprint density at radius 1 is 1.39 bits per heavy atom. The van der Waals surface area contributed by atoms with Crippen LogP contribution in [0.3, 0.4) is 0 Å². The van der Waals surface area contributed by atoms with Crippen LogP contribution in [0, 0.1) is 6.92 Å². The molecule has 1 heterocycles. The van der Waals surface area contributed by atoms with Crippen molar-refractivity contribution in [3.63, 3.8) is 0 Å². The lowest BCUT2D eigenvalue weighted by Crippen LogP contribution is -2.26. The van der Waals surface area contributed by atoms with E-state index in [0.717, 1.165) is 10.5 Å². The standard InChI is InChI=1S/C14H15NOS2/c1-9-5-3-4-6-12(9)10(2)15-14(16)13-7-11(17)8-18-13/h3-8,10,17H,1-2H3,(H,15,16). The van der Waals surface area contributed by atoms with Crippen molar-refractivity contribution in [1.29, 1.82) is 0 Å². The highest BCUT2D eigenvalue weighted by atomic mass is 32.1. The van der Waals surface area contributed by atoms with Gasteiger partial charge in [-0.15, -0.1) is 24.0 Å². The highest BCUT2D eigenvalue weighted by Crippen LogP contribution is 2.20. The van der Waals surface area contributed by atoms with E-state index in [1.54, 1.807) is 6.07 Å². The van der Waals surface area contributed by atoms with Gasteiger partial charge in [0.2, 0.25) is 0 Å². The molecule has 94 valence electrons. The number of benzene rings is 1. The fourth-order valence-electron chi connectivity index (χ4n) is 1.86. The van der Waals surface area contributed by atoms with Crippen molar-refractivity contribution in [2.75, 3.05) is 0 Å². The second kappa shape index (κ2) is 5.59. The summed E-state index contributed by atoms with van der Waals surface area (Å²) in [5, 5.41) is 4.86. The van der Waals surface area contributed by atoms with Gasteiger partial charge in [-0.1, -0.05) is 24.3 Å². The summed E-state index contributed by atoms with van der Waals surface area (Å²) in [5.41, 5.74) is 2.33. The maximum atomic E-state index is 12.0. The average molecular weight is 277 g/mol. The number of carbonyl (C=O) groups excluding carboxylic acids is 1. The van der Waals surface area contributed by atoms with Gasteiger partial charge >= 0.3 is 0 Å². The summed E-state index contributed by atoms with van der Waals surface area (Å²) in [6.45, 7) is 4.05. The van der Waals surface area contributed by atoms with Crippen molar-refractivity contribution in [1.82, 2.24) is 5.32 Å². The monoisotopic (exact) mass is 277 g/mol. The quantitative estimate of drug-likeness (QED) is 0.820. The number of hydrogen-bond acceptors (Lipinski definition) is 3. The summed E-state index contributed by atoms with van der Waals surface area (Å²) < 4.78 is 0. The second-order valence-corrected chi connectivity index (χ2v) is 5.65. The van der Waals surface area contributed by atoms with Crippen molar-refractivity contribution in [2.24, 2.45) is 0 Å². The molecule has 0 bridgehead atoms. The van der Waals surface area contributed by atoms with Gasteiger partial charge < -0.3 is 5.32 Å². The van der Waals surface area contributed by atoms with Crippen molar-refractivity contribution < 1.29 is 4.79 Å². The molecular weight excluding hydrogens is 262 g/mol. The molecule has 1 N–H and O–H groups in total.